The van der Waals surface area contributed by atoms with Crippen molar-refractivity contribution >= 4 is 17.6 Å². The quantitative estimate of drug-likeness (QED) is 0.601. The Morgan fingerprint density at radius 1 is 0.963 bits per heavy atom. The summed E-state index contributed by atoms with van der Waals surface area (Å²) in [7, 11) is 4.63. The van der Waals surface area contributed by atoms with Crippen molar-refractivity contribution in [1.29, 1.82) is 0 Å². The predicted octanol–water partition coefficient (Wildman–Crippen LogP) is 4.85. The van der Waals surface area contributed by atoms with E-state index in [9.17, 15) is 4.79 Å². The average Bonchev–Trinajstić information content (AvgIpc) is 2.66. The van der Waals surface area contributed by atoms with Gasteiger partial charge in [0.25, 0.3) is 0 Å². The molecule has 0 heterocycles. The zero-order chi connectivity index (χ0) is 20.0. The van der Waals surface area contributed by atoms with E-state index in [-0.39, 0.29) is 24.4 Å². The monoisotopic (exact) mass is 392 g/mol. The molecule has 6 heteroatoms. The van der Waals surface area contributed by atoms with Crippen molar-refractivity contribution in [2.75, 3.05) is 21.3 Å². The third-order valence-electron chi connectivity index (χ3n) is 4.26. The second-order valence-electron chi connectivity index (χ2n) is 6.41. The summed E-state index contributed by atoms with van der Waals surface area (Å²) >= 11 is 5.95. The lowest BCUT2D eigenvalue weighted by Crippen LogP contribution is -2.20. The van der Waals surface area contributed by atoms with Crippen molar-refractivity contribution in [3.63, 3.8) is 0 Å². The Kier molecular flexibility index (Phi) is 7.36. The predicted molar refractivity (Wildman–Crippen MR) is 105 cm³/mol. The highest BCUT2D eigenvalue weighted by Crippen LogP contribution is 2.38. The molecule has 27 heavy (non-hydrogen) atoms. The summed E-state index contributed by atoms with van der Waals surface area (Å²) in [6, 6.07) is 10.8. The van der Waals surface area contributed by atoms with Crippen LogP contribution in [0.1, 0.15) is 30.9 Å². The molecule has 0 aliphatic rings. The van der Waals surface area contributed by atoms with Gasteiger partial charge in [0.1, 0.15) is 6.61 Å². The Hall–Kier alpha value is -2.40. The van der Waals surface area contributed by atoms with Crippen LogP contribution in [-0.4, -0.2) is 27.3 Å². The van der Waals surface area contributed by atoms with E-state index < -0.39 is 0 Å². The highest BCUT2D eigenvalue weighted by Gasteiger charge is 2.26. The molecule has 2 aromatic rings. The second-order valence-corrected chi connectivity index (χ2v) is 6.85. The molecule has 0 bridgehead atoms. The molecule has 0 radical (unpaired) electrons. The van der Waals surface area contributed by atoms with Gasteiger partial charge in [-0.05, 0) is 41.3 Å². The fourth-order valence-electron chi connectivity index (χ4n) is 2.93. The molecule has 0 saturated heterocycles. The zero-order valence-electron chi connectivity index (χ0n) is 16.2. The lowest BCUT2D eigenvalue weighted by molar-refractivity contribution is -0.148. The molecule has 146 valence electrons. The van der Waals surface area contributed by atoms with E-state index in [4.69, 9.17) is 30.5 Å². The molecule has 5 nitrogen and oxygen atoms in total. The summed E-state index contributed by atoms with van der Waals surface area (Å²) < 4.78 is 21.6. The summed E-state index contributed by atoms with van der Waals surface area (Å²) in [6.45, 7) is 4.08. The average molecular weight is 393 g/mol. The number of benzene rings is 2. The van der Waals surface area contributed by atoms with Crippen LogP contribution in [0.25, 0.3) is 0 Å². The van der Waals surface area contributed by atoms with Crippen LogP contribution in [0.3, 0.4) is 0 Å². The van der Waals surface area contributed by atoms with Crippen LogP contribution >= 0.6 is 11.6 Å². The van der Waals surface area contributed by atoms with Gasteiger partial charge in [-0.15, -0.1) is 0 Å². The summed E-state index contributed by atoms with van der Waals surface area (Å²) in [5.41, 5.74) is 1.63. The van der Waals surface area contributed by atoms with E-state index in [0.717, 1.165) is 11.1 Å². The Labute approximate surface area is 165 Å². The maximum Gasteiger partial charge on any atom is 0.314 e. The largest absolute Gasteiger partial charge is 0.493 e. The molecule has 1 atom stereocenters. The second kappa shape index (κ2) is 9.51. The number of hydrogen-bond donors (Lipinski definition) is 0. The summed E-state index contributed by atoms with van der Waals surface area (Å²) in [6.07, 6.45) is 0. The van der Waals surface area contributed by atoms with Gasteiger partial charge in [0.2, 0.25) is 5.75 Å². The molecule has 0 spiro atoms. The Balaban J connectivity index is 2.18. The summed E-state index contributed by atoms with van der Waals surface area (Å²) in [5.74, 6) is 0.947. The summed E-state index contributed by atoms with van der Waals surface area (Å²) in [5, 5.41) is 0.632. The van der Waals surface area contributed by atoms with Crippen LogP contribution in [0.2, 0.25) is 5.02 Å². The third kappa shape index (κ3) is 5.07. The van der Waals surface area contributed by atoms with E-state index in [0.29, 0.717) is 22.3 Å². The topological polar surface area (TPSA) is 54.0 Å². The van der Waals surface area contributed by atoms with Gasteiger partial charge in [0.05, 0.1) is 27.2 Å². The number of methoxy groups -OCH3 is 3. The van der Waals surface area contributed by atoms with E-state index in [1.54, 1.807) is 45.6 Å². The highest BCUT2D eigenvalue weighted by atomic mass is 35.5. The fourth-order valence-corrected chi connectivity index (χ4v) is 3.05. The van der Waals surface area contributed by atoms with E-state index in [1.165, 1.54) is 0 Å². The van der Waals surface area contributed by atoms with E-state index in [2.05, 4.69) is 0 Å². The van der Waals surface area contributed by atoms with Crippen molar-refractivity contribution in [2.45, 2.75) is 26.4 Å². The molecule has 0 N–H and O–H groups in total. The Morgan fingerprint density at radius 2 is 1.52 bits per heavy atom. The van der Waals surface area contributed by atoms with Crippen LogP contribution in [0, 0.1) is 5.92 Å². The molecule has 0 amide bonds. The normalized spacial score (nSPS) is 11.8. The minimum atomic E-state index is -0.371. The minimum Gasteiger partial charge on any atom is -0.493 e. The smallest absolute Gasteiger partial charge is 0.314 e. The van der Waals surface area contributed by atoms with Crippen molar-refractivity contribution in [2.24, 2.45) is 5.92 Å². The minimum absolute atomic E-state index is 0.0821. The molecular weight excluding hydrogens is 368 g/mol. The van der Waals surface area contributed by atoms with Crippen molar-refractivity contribution in [3.8, 4) is 17.2 Å². The Morgan fingerprint density at radius 3 is 1.96 bits per heavy atom. The van der Waals surface area contributed by atoms with Gasteiger partial charge in [0, 0.05) is 5.02 Å². The number of ether oxygens (including phenoxy) is 4. The number of carbonyl (C=O) groups excluding carboxylic acids is 1. The lowest BCUT2D eigenvalue weighted by Gasteiger charge is -2.20. The first kappa shape index (κ1) is 20.9. The summed E-state index contributed by atoms with van der Waals surface area (Å²) in [4.78, 5) is 12.7. The molecule has 0 unspecified atom stereocenters. The van der Waals surface area contributed by atoms with Crippen LogP contribution in [0.4, 0.5) is 0 Å². The van der Waals surface area contributed by atoms with E-state index >= 15 is 0 Å². The van der Waals surface area contributed by atoms with Crippen LogP contribution in [-0.2, 0) is 16.1 Å². The van der Waals surface area contributed by atoms with Crippen LogP contribution in [0.5, 0.6) is 17.2 Å². The van der Waals surface area contributed by atoms with E-state index in [1.807, 2.05) is 26.0 Å². The number of rotatable bonds is 8. The van der Waals surface area contributed by atoms with Gasteiger partial charge in [-0.3, -0.25) is 4.79 Å². The first-order chi connectivity index (χ1) is 12.9. The van der Waals surface area contributed by atoms with Crippen molar-refractivity contribution in [3.05, 3.63) is 52.5 Å². The number of esters is 1. The molecule has 2 rings (SSSR count). The maximum atomic E-state index is 12.7. The van der Waals surface area contributed by atoms with Crippen LogP contribution in [0.15, 0.2) is 36.4 Å². The zero-order valence-corrected chi connectivity index (χ0v) is 17.0. The van der Waals surface area contributed by atoms with Gasteiger partial charge in [-0.2, -0.15) is 0 Å². The molecular formula is C21H25ClO5. The SMILES string of the molecule is COc1cc(COC(=O)[C@H](c2ccc(Cl)cc2)C(C)C)cc(OC)c1OC. The number of halogens is 1. The first-order valence-electron chi connectivity index (χ1n) is 8.62. The molecule has 0 aromatic heterocycles. The number of hydrogen-bond acceptors (Lipinski definition) is 5. The highest BCUT2D eigenvalue weighted by molar-refractivity contribution is 6.30. The van der Waals surface area contributed by atoms with Gasteiger partial charge < -0.3 is 18.9 Å². The fraction of sp³-hybridized carbons (Fsp3) is 0.381. The van der Waals surface area contributed by atoms with Gasteiger partial charge in [0.15, 0.2) is 11.5 Å². The Bertz CT molecular complexity index is 746. The van der Waals surface area contributed by atoms with Gasteiger partial charge >= 0.3 is 5.97 Å². The molecule has 0 aliphatic carbocycles. The molecule has 2 aromatic carbocycles. The third-order valence-corrected chi connectivity index (χ3v) is 4.51. The van der Waals surface area contributed by atoms with Crippen molar-refractivity contribution < 1.29 is 23.7 Å². The van der Waals surface area contributed by atoms with Gasteiger partial charge in [-0.25, -0.2) is 0 Å². The standard InChI is InChI=1S/C21H25ClO5/c1-13(2)19(15-6-8-16(22)9-7-15)21(23)27-12-14-10-17(24-3)20(26-5)18(11-14)25-4/h6-11,13,19H,12H2,1-5H3/t19-/m0/s1. The van der Waals surface area contributed by atoms with Gasteiger partial charge in [-0.1, -0.05) is 37.6 Å². The molecule has 0 aliphatic heterocycles. The first-order valence-corrected chi connectivity index (χ1v) is 9.00. The molecule has 0 saturated carbocycles. The number of carbonyl (C=O) groups is 1. The maximum absolute atomic E-state index is 12.7. The molecule has 0 fully saturated rings. The van der Waals surface area contributed by atoms with Crippen molar-refractivity contribution in [1.82, 2.24) is 0 Å². The lowest BCUT2D eigenvalue weighted by atomic mass is 9.88. The van der Waals surface area contributed by atoms with Crippen LogP contribution < -0.4 is 14.2 Å².